The predicted octanol–water partition coefficient (Wildman–Crippen LogP) is 2.34. The lowest BCUT2D eigenvalue weighted by atomic mass is 10.1. The average Bonchev–Trinajstić information content (AvgIpc) is 2.08. The van der Waals surface area contributed by atoms with E-state index in [1.165, 1.54) is 0 Å². The van der Waals surface area contributed by atoms with Crippen LogP contribution in [0.5, 0.6) is 5.75 Å². The molecule has 0 aliphatic heterocycles. The van der Waals surface area contributed by atoms with E-state index in [0.717, 1.165) is 4.47 Å². The highest BCUT2D eigenvalue weighted by atomic mass is 79.9. The van der Waals surface area contributed by atoms with E-state index in [4.69, 9.17) is 5.73 Å². The summed E-state index contributed by atoms with van der Waals surface area (Å²) in [6.45, 7) is 3.56. The Hall–Kier alpha value is -0.800. The van der Waals surface area contributed by atoms with Gasteiger partial charge in [0.25, 0.3) is 0 Å². The first-order valence-corrected chi connectivity index (χ1v) is 4.31. The molecule has 0 aromatic heterocycles. The van der Waals surface area contributed by atoms with Crippen molar-refractivity contribution in [2.24, 2.45) is 5.73 Å². The van der Waals surface area contributed by atoms with Gasteiger partial charge in [-0.1, -0.05) is 22.0 Å². The number of hydrogen-bond acceptors (Lipinski definition) is 2. The van der Waals surface area contributed by atoms with Crippen LogP contribution in [-0.4, -0.2) is 5.11 Å². The molecule has 0 aliphatic rings. The smallest absolute Gasteiger partial charge is 0.120 e. The summed E-state index contributed by atoms with van der Waals surface area (Å²) >= 11 is 3.29. The lowest BCUT2D eigenvalue weighted by Gasteiger charge is -2.08. The number of halogens is 1. The van der Waals surface area contributed by atoms with E-state index in [2.05, 4.69) is 22.5 Å². The van der Waals surface area contributed by atoms with Crippen molar-refractivity contribution in [2.45, 2.75) is 6.04 Å². The zero-order valence-electron chi connectivity index (χ0n) is 6.50. The van der Waals surface area contributed by atoms with Crippen LogP contribution in [0.4, 0.5) is 0 Å². The quantitative estimate of drug-likeness (QED) is 0.763. The van der Waals surface area contributed by atoms with Crippen LogP contribution in [-0.2, 0) is 0 Å². The molecule has 0 aliphatic carbocycles. The molecular formula is C9H10BrNO. The molecule has 0 heterocycles. The van der Waals surface area contributed by atoms with Gasteiger partial charge in [-0.2, -0.15) is 0 Å². The zero-order valence-corrected chi connectivity index (χ0v) is 8.08. The summed E-state index contributed by atoms with van der Waals surface area (Å²) in [5, 5.41) is 9.39. The van der Waals surface area contributed by atoms with Crippen LogP contribution in [0.1, 0.15) is 11.6 Å². The average molecular weight is 228 g/mol. The largest absolute Gasteiger partial charge is 0.508 e. The molecule has 3 heteroatoms. The minimum atomic E-state index is -0.317. The number of hydrogen-bond donors (Lipinski definition) is 2. The molecule has 2 nitrogen and oxygen atoms in total. The number of phenolic OH excluding ortho intramolecular Hbond substituents is 1. The molecule has 1 rings (SSSR count). The third-order valence-electron chi connectivity index (χ3n) is 1.60. The maximum absolute atomic E-state index is 9.39. The Morgan fingerprint density at radius 2 is 2.25 bits per heavy atom. The zero-order chi connectivity index (χ0) is 9.14. The van der Waals surface area contributed by atoms with Gasteiger partial charge < -0.3 is 10.8 Å². The van der Waals surface area contributed by atoms with Gasteiger partial charge in [0.15, 0.2) is 0 Å². The van der Waals surface area contributed by atoms with Gasteiger partial charge in [0, 0.05) is 10.0 Å². The van der Waals surface area contributed by atoms with Crippen molar-refractivity contribution in [2.75, 3.05) is 0 Å². The number of nitrogens with two attached hydrogens (primary N) is 1. The van der Waals surface area contributed by atoms with E-state index in [9.17, 15) is 5.11 Å². The third-order valence-corrected chi connectivity index (χ3v) is 2.10. The van der Waals surface area contributed by atoms with Crippen molar-refractivity contribution in [3.05, 3.63) is 40.9 Å². The minimum Gasteiger partial charge on any atom is -0.508 e. The van der Waals surface area contributed by atoms with Gasteiger partial charge in [0.2, 0.25) is 0 Å². The highest BCUT2D eigenvalue weighted by molar-refractivity contribution is 9.10. The molecular weight excluding hydrogens is 218 g/mol. The molecule has 1 aromatic rings. The van der Waals surface area contributed by atoms with Crippen LogP contribution in [0.3, 0.4) is 0 Å². The number of rotatable bonds is 2. The van der Waals surface area contributed by atoms with Crippen molar-refractivity contribution in [1.29, 1.82) is 0 Å². The van der Waals surface area contributed by atoms with E-state index in [-0.39, 0.29) is 11.8 Å². The molecule has 0 spiro atoms. The number of aromatic hydroxyl groups is 1. The molecule has 1 aromatic carbocycles. The Morgan fingerprint density at radius 3 is 2.83 bits per heavy atom. The van der Waals surface area contributed by atoms with E-state index < -0.39 is 0 Å². The fourth-order valence-corrected chi connectivity index (χ4v) is 1.30. The summed E-state index contributed by atoms with van der Waals surface area (Å²) in [4.78, 5) is 0. The standard InChI is InChI=1S/C9H10BrNO/c1-2-8(11)7-5-6(10)3-4-9(7)12/h2-5,8,12H,1,11H2/t8-/m0/s1. The van der Waals surface area contributed by atoms with Crippen LogP contribution in [0.25, 0.3) is 0 Å². The van der Waals surface area contributed by atoms with Crippen LogP contribution in [0.15, 0.2) is 35.3 Å². The molecule has 0 radical (unpaired) electrons. The van der Waals surface area contributed by atoms with Gasteiger partial charge in [-0.25, -0.2) is 0 Å². The van der Waals surface area contributed by atoms with Crippen LogP contribution in [0.2, 0.25) is 0 Å². The van der Waals surface area contributed by atoms with Gasteiger partial charge >= 0.3 is 0 Å². The van der Waals surface area contributed by atoms with Crippen LogP contribution in [0, 0.1) is 0 Å². The minimum absolute atomic E-state index is 0.200. The van der Waals surface area contributed by atoms with Crippen molar-refractivity contribution < 1.29 is 5.11 Å². The highest BCUT2D eigenvalue weighted by Gasteiger charge is 2.06. The Labute approximate surface area is 79.8 Å². The first kappa shape index (κ1) is 9.29. The normalized spacial score (nSPS) is 12.5. The SMILES string of the molecule is C=C[C@H](N)c1cc(Br)ccc1O. The number of benzene rings is 1. The maximum Gasteiger partial charge on any atom is 0.120 e. The summed E-state index contributed by atoms with van der Waals surface area (Å²) < 4.78 is 0.896. The summed E-state index contributed by atoms with van der Waals surface area (Å²) in [5.41, 5.74) is 6.35. The van der Waals surface area contributed by atoms with Gasteiger partial charge in [-0.15, -0.1) is 6.58 Å². The Balaban J connectivity index is 3.12. The lowest BCUT2D eigenvalue weighted by Crippen LogP contribution is -2.06. The Morgan fingerprint density at radius 1 is 1.58 bits per heavy atom. The van der Waals surface area contributed by atoms with Crippen molar-refractivity contribution in [3.8, 4) is 5.75 Å². The van der Waals surface area contributed by atoms with Crippen LogP contribution >= 0.6 is 15.9 Å². The molecule has 0 unspecified atom stereocenters. The van der Waals surface area contributed by atoms with Gasteiger partial charge in [-0.3, -0.25) is 0 Å². The summed E-state index contributed by atoms with van der Waals surface area (Å²) in [6, 6.07) is 4.82. The third kappa shape index (κ3) is 1.87. The lowest BCUT2D eigenvalue weighted by molar-refractivity contribution is 0.466. The molecule has 0 amide bonds. The van der Waals surface area contributed by atoms with E-state index >= 15 is 0 Å². The number of phenols is 1. The maximum atomic E-state index is 9.39. The molecule has 0 fully saturated rings. The topological polar surface area (TPSA) is 46.2 Å². The molecule has 3 N–H and O–H groups in total. The second-order valence-corrected chi connectivity index (χ2v) is 3.38. The molecule has 0 saturated heterocycles. The Kier molecular flexibility index (Phi) is 2.89. The van der Waals surface area contributed by atoms with Crippen molar-refractivity contribution >= 4 is 15.9 Å². The highest BCUT2D eigenvalue weighted by Crippen LogP contribution is 2.26. The van der Waals surface area contributed by atoms with Gasteiger partial charge in [-0.05, 0) is 18.2 Å². The second kappa shape index (κ2) is 3.74. The second-order valence-electron chi connectivity index (χ2n) is 2.46. The molecule has 0 saturated carbocycles. The van der Waals surface area contributed by atoms with Crippen LogP contribution < -0.4 is 5.73 Å². The fourth-order valence-electron chi connectivity index (χ4n) is 0.919. The summed E-state index contributed by atoms with van der Waals surface area (Å²) in [6.07, 6.45) is 1.58. The van der Waals surface area contributed by atoms with Crippen molar-refractivity contribution in [1.82, 2.24) is 0 Å². The molecule has 64 valence electrons. The molecule has 1 atom stereocenters. The Bertz CT molecular complexity index is 299. The summed E-state index contributed by atoms with van der Waals surface area (Å²) in [5.74, 6) is 0.200. The first-order valence-electron chi connectivity index (χ1n) is 3.51. The van der Waals surface area contributed by atoms with Crippen molar-refractivity contribution in [3.63, 3.8) is 0 Å². The van der Waals surface area contributed by atoms with Gasteiger partial charge in [0.05, 0.1) is 6.04 Å². The van der Waals surface area contributed by atoms with E-state index in [1.807, 2.05) is 0 Å². The molecule has 12 heavy (non-hydrogen) atoms. The first-order chi connectivity index (χ1) is 5.65. The van der Waals surface area contributed by atoms with E-state index in [0.29, 0.717) is 5.56 Å². The molecule has 0 bridgehead atoms. The van der Waals surface area contributed by atoms with E-state index in [1.54, 1.807) is 24.3 Å². The monoisotopic (exact) mass is 227 g/mol. The predicted molar refractivity (Wildman–Crippen MR) is 52.9 cm³/mol. The fraction of sp³-hybridized carbons (Fsp3) is 0.111. The van der Waals surface area contributed by atoms with Gasteiger partial charge in [0.1, 0.15) is 5.75 Å². The summed E-state index contributed by atoms with van der Waals surface area (Å²) in [7, 11) is 0.